The summed E-state index contributed by atoms with van der Waals surface area (Å²) in [6.07, 6.45) is 1.53. The summed E-state index contributed by atoms with van der Waals surface area (Å²) in [6.45, 7) is 7.31. The summed E-state index contributed by atoms with van der Waals surface area (Å²) in [6, 6.07) is 7.93. The molecule has 24 heavy (non-hydrogen) atoms. The van der Waals surface area contributed by atoms with E-state index in [2.05, 4.69) is 25.8 Å². The van der Waals surface area contributed by atoms with Crippen LogP contribution < -0.4 is 20.3 Å². The highest BCUT2D eigenvalue weighted by Crippen LogP contribution is 2.30. The molecule has 0 spiro atoms. The summed E-state index contributed by atoms with van der Waals surface area (Å²) < 4.78 is 5.65. The molecule has 0 unspecified atom stereocenters. The number of anilines is 3. The van der Waals surface area contributed by atoms with Crippen LogP contribution in [-0.2, 0) is 0 Å². The van der Waals surface area contributed by atoms with Gasteiger partial charge in [-0.3, -0.25) is 0 Å². The maximum atomic E-state index is 6.21. The smallest absolute Gasteiger partial charge is 0.242 e. The lowest BCUT2D eigenvalue weighted by Gasteiger charge is -2.37. The van der Waals surface area contributed by atoms with Gasteiger partial charge in [-0.25, -0.2) is 4.98 Å². The zero-order valence-corrected chi connectivity index (χ0v) is 14.7. The lowest BCUT2D eigenvalue weighted by Crippen LogP contribution is -2.47. The quantitative estimate of drug-likeness (QED) is 0.917. The van der Waals surface area contributed by atoms with Crippen LogP contribution in [0.4, 0.5) is 17.2 Å². The minimum atomic E-state index is 0.0229. The molecule has 0 amide bonds. The standard InChI is InChI=1S/C17H22ClN5O/c1-12(2)24-17-15(19)16(20-11-21-17)23-8-6-22(7-9-23)14-5-3-4-13(18)10-14/h3-5,10-12H,6-9,19H2,1-2H3. The first-order valence-electron chi connectivity index (χ1n) is 8.07. The lowest BCUT2D eigenvalue weighted by atomic mass is 10.2. The number of rotatable bonds is 4. The summed E-state index contributed by atoms with van der Waals surface area (Å²) in [7, 11) is 0. The summed E-state index contributed by atoms with van der Waals surface area (Å²) in [5.74, 6) is 1.19. The van der Waals surface area contributed by atoms with Gasteiger partial charge in [0.1, 0.15) is 12.0 Å². The monoisotopic (exact) mass is 347 g/mol. The fraction of sp³-hybridized carbons (Fsp3) is 0.412. The van der Waals surface area contributed by atoms with E-state index in [9.17, 15) is 0 Å². The van der Waals surface area contributed by atoms with E-state index in [1.807, 2.05) is 32.0 Å². The van der Waals surface area contributed by atoms with Crippen LogP contribution in [-0.4, -0.2) is 42.3 Å². The van der Waals surface area contributed by atoms with Crippen molar-refractivity contribution in [2.75, 3.05) is 41.7 Å². The average Bonchev–Trinajstić information content (AvgIpc) is 2.57. The first-order valence-corrected chi connectivity index (χ1v) is 8.45. The Kier molecular flexibility index (Phi) is 4.94. The molecule has 2 heterocycles. The van der Waals surface area contributed by atoms with Crippen LogP contribution in [0, 0.1) is 0 Å². The van der Waals surface area contributed by atoms with Crippen molar-refractivity contribution in [3.05, 3.63) is 35.6 Å². The summed E-state index contributed by atoms with van der Waals surface area (Å²) in [5, 5.41) is 0.755. The Hall–Kier alpha value is -2.21. The molecule has 0 radical (unpaired) electrons. The molecule has 0 atom stereocenters. The third-order valence-electron chi connectivity index (χ3n) is 3.93. The van der Waals surface area contributed by atoms with Crippen molar-refractivity contribution < 1.29 is 4.74 Å². The molecule has 6 nitrogen and oxygen atoms in total. The minimum absolute atomic E-state index is 0.0229. The second-order valence-electron chi connectivity index (χ2n) is 6.04. The van der Waals surface area contributed by atoms with Crippen molar-refractivity contribution >= 4 is 28.8 Å². The number of benzene rings is 1. The number of halogens is 1. The van der Waals surface area contributed by atoms with Crippen LogP contribution in [0.5, 0.6) is 5.88 Å². The molecule has 1 aromatic carbocycles. The number of hydrogen-bond acceptors (Lipinski definition) is 6. The van der Waals surface area contributed by atoms with Crippen LogP contribution >= 0.6 is 11.6 Å². The topological polar surface area (TPSA) is 67.5 Å². The fourth-order valence-electron chi connectivity index (χ4n) is 2.79. The highest BCUT2D eigenvalue weighted by Gasteiger charge is 2.22. The third kappa shape index (κ3) is 3.64. The highest BCUT2D eigenvalue weighted by atomic mass is 35.5. The number of nitrogens with two attached hydrogens (primary N) is 1. The van der Waals surface area contributed by atoms with Gasteiger partial charge < -0.3 is 20.3 Å². The molecular weight excluding hydrogens is 326 g/mol. The van der Waals surface area contributed by atoms with Gasteiger partial charge in [0.25, 0.3) is 0 Å². The van der Waals surface area contributed by atoms with E-state index in [0.717, 1.165) is 42.7 Å². The first kappa shape index (κ1) is 16.6. The maximum Gasteiger partial charge on any atom is 0.242 e. The van der Waals surface area contributed by atoms with E-state index >= 15 is 0 Å². The van der Waals surface area contributed by atoms with E-state index in [1.165, 1.54) is 6.33 Å². The van der Waals surface area contributed by atoms with Gasteiger partial charge in [-0.05, 0) is 32.0 Å². The molecule has 128 valence electrons. The Balaban J connectivity index is 1.71. The first-order chi connectivity index (χ1) is 11.5. The zero-order chi connectivity index (χ0) is 17.1. The van der Waals surface area contributed by atoms with Crippen LogP contribution in [0.3, 0.4) is 0 Å². The second-order valence-corrected chi connectivity index (χ2v) is 6.47. The zero-order valence-electron chi connectivity index (χ0n) is 13.9. The normalized spacial score (nSPS) is 15.0. The molecule has 1 saturated heterocycles. The number of nitrogen functional groups attached to an aromatic ring is 1. The van der Waals surface area contributed by atoms with Crippen LogP contribution in [0.1, 0.15) is 13.8 Å². The van der Waals surface area contributed by atoms with Gasteiger partial charge in [0.15, 0.2) is 5.82 Å². The molecule has 1 fully saturated rings. The van der Waals surface area contributed by atoms with Crippen molar-refractivity contribution in [1.82, 2.24) is 9.97 Å². The largest absolute Gasteiger partial charge is 0.473 e. The Morgan fingerprint density at radius 3 is 2.50 bits per heavy atom. The van der Waals surface area contributed by atoms with Gasteiger partial charge in [0.05, 0.1) is 6.10 Å². The highest BCUT2D eigenvalue weighted by molar-refractivity contribution is 6.30. The van der Waals surface area contributed by atoms with Crippen LogP contribution in [0.25, 0.3) is 0 Å². The second kappa shape index (κ2) is 7.13. The number of aromatic nitrogens is 2. The summed E-state index contributed by atoms with van der Waals surface area (Å²) in [4.78, 5) is 13.0. The number of ether oxygens (including phenoxy) is 1. The van der Waals surface area contributed by atoms with Crippen LogP contribution in [0.2, 0.25) is 5.02 Å². The Labute approximate surface area is 147 Å². The Morgan fingerprint density at radius 2 is 1.83 bits per heavy atom. The Bertz CT molecular complexity index is 701. The molecule has 1 aliphatic rings. The molecule has 2 aromatic rings. The van der Waals surface area contributed by atoms with E-state index in [0.29, 0.717) is 11.6 Å². The predicted octanol–water partition coefficient (Wildman–Crippen LogP) is 2.83. The van der Waals surface area contributed by atoms with Crippen molar-refractivity contribution in [2.45, 2.75) is 20.0 Å². The van der Waals surface area contributed by atoms with Gasteiger partial charge >= 0.3 is 0 Å². The Morgan fingerprint density at radius 1 is 1.12 bits per heavy atom. The molecule has 1 aliphatic heterocycles. The number of piperazine rings is 1. The van der Waals surface area contributed by atoms with Crippen LogP contribution in [0.15, 0.2) is 30.6 Å². The van der Waals surface area contributed by atoms with Crippen molar-refractivity contribution in [3.63, 3.8) is 0 Å². The SMILES string of the molecule is CC(C)Oc1ncnc(N2CCN(c3cccc(Cl)c3)CC2)c1N. The fourth-order valence-corrected chi connectivity index (χ4v) is 2.97. The van der Waals surface area contributed by atoms with Gasteiger partial charge in [0, 0.05) is 36.9 Å². The van der Waals surface area contributed by atoms with E-state index in [1.54, 1.807) is 0 Å². The maximum absolute atomic E-state index is 6.21. The van der Waals surface area contributed by atoms with E-state index in [4.69, 9.17) is 22.1 Å². The molecule has 7 heteroatoms. The number of hydrogen-bond donors (Lipinski definition) is 1. The molecule has 0 aliphatic carbocycles. The van der Waals surface area contributed by atoms with E-state index in [-0.39, 0.29) is 6.10 Å². The van der Waals surface area contributed by atoms with Gasteiger partial charge in [-0.1, -0.05) is 17.7 Å². The van der Waals surface area contributed by atoms with Crippen molar-refractivity contribution in [3.8, 4) is 5.88 Å². The predicted molar refractivity (Wildman–Crippen MR) is 98.1 cm³/mol. The molecule has 2 N–H and O–H groups in total. The molecule has 3 rings (SSSR count). The number of nitrogens with zero attached hydrogens (tertiary/aromatic N) is 4. The third-order valence-corrected chi connectivity index (χ3v) is 4.16. The molecule has 0 saturated carbocycles. The molecule has 1 aromatic heterocycles. The average molecular weight is 348 g/mol. The molecule has 0 bridgehead atoms. The van der Waals surface area contributed by atoms with Gasteiger partial charge in [-0.15, -0.1) is 0 Å². The van der Waals surface area contributed by atoms with E-state index < -0.39 is 0 Å². The van der Waals surface area contributed by atoms with Crippen molar-refractivity contribution in [1.29, 1.82) is 0 Å². The molecular formula is C17H22ClN5O. The summed E-state index contributed by atoms with van der Waals surface area (Å²) >= 11 is 6.08. The van der Waals surface area contributed by atoms with Gasteiger partial charge in [0.2, 0.25) is 5.88 Å². The summed E-state index contributed by atoms with van der Waals surface area (Å²) in [5.41, 5.74) is 7.85. The van der Waals surface area contributed by atoms with Gasteiger partial charge in [-0.2, -0.15) is 4.98 Å². The van der Waals surface area contributed by atoms with Crippen molar-refractivity contribution in [2.24, 2.45) is 0 Å². The minimum Gasteiger partial charge on any atom is -0.473 e. The lowest BCUT2D eigenvalue weighted by molar-refractivity contribution is 0.234.